The van der Waals surface area contributed by atoms with Crippen LogP contribution in [0.2, 0.25) is 0 Å². The predicted octanol–water partition coefficient (Wildman–Crippen LogP) is 3.17. The molecule has 0 aliphatic heterocycles. The van der Waals surface area contributed by atoms with Crippen molar-refractivity contribution in [2.24, 2.45) is 5.92 Å². The highest BCUT2D eigenvalue weighted by atomic mass is 16.3. The number of nitrogens with zero attached hydrogens (tertiary/aromatic N) is 1. The van der Waals surface area contributed by atoms with E-state index in [0.29, 0.717) is 12.5 Å². The SMILES string of the molecule is Cc1cc(C2(CO)CCC2)c(C)n1CC(C)C. The first-order valence-corrected chi connectivity index (χ1v) is 6.78. The van der Waals surface area contributed by atoms with E-state index in [-0.39, 0.29) is 5.41 Å². The molecular weight excluding hydrogens is 210 g/mol. The van der Waals surface area contributed by atoms with Gasteiger partial charge in [0.05, 0.1) is 6.61 Å². The topological polar surface area (TPSA) is 25.2 Å². The second-order valence-corrected chi connectivity index (χ2v) is 6.08. The van der Waals surface area contributed by atoms with Crippen molar-refractivity contribution in [3.05, 3.63) is 23.0 Å². The van der Waals surface area contributed by atoms with Gasteiger partial charge in [-0.3, -0.25) is 0 Å². The molecule has 0 saturated heterocycles. The molecule has 1 N–H and O–H groups in total. The van der Waals surface area contributed by atoms with Gasteiger partial charge < -0.3 is 9.67 Å². The maximum atomic E-state index is 9.69. The molecular formula is C15H25NO. The Hall–Kier alpha value is -0.760. The molecule has 0 atom stereocenters. The highest BCUT2D eigenvalue weighted by Crippen LogP contribution is 2.45. The van der Waals surface area contributed by atoms with Crippen molar-refractivity contribution in [1.82, 2.24) is 4.57 Å². The van der Waals surface area contributed by atoms with Gasteiger partial charge in [0.1, 0.15) is 0 Å². The standard InChI is InChI=1S/C15H25NO/c1-11(2)9-16-12(3)8-14(13(16)4)15(10-17)6-5-7-15/h8,11,17H,5-7,9-10H2,1-4H3. The van der Waals surface area contributed by atoms with Gasteiger partial charge in [-0.15, -0.1) is 0 Å². The van der Waals surface area contributed by atoms with Gasteiger partial charge >= 0.3 is 0 Å². The van der Waals surface area contributed by atoms with Crippen LogP contribution < -0.4 is 0 Å². The quantitative estimate of drug-likeness (QED) is 0.852. The third-order valence-electron chi connectivity index (χ3n) is 4.31. The van der Waals surface area contributed by atoms with Crippen molar-refractivity contribution in [2.45, 2.75) is 58.9 Å². The lowest BCUT2D eigenvalue weighted by Crippen LogP contribution is -2.38. The summed E-state index contributed by atoms with van der Waals surface area (Å²) in [7, 11) is 0. The molecule has 0 unspecified atom stereocenters. The molecule has 1 aliphatic rings. The fourth-order valence-corrected chi connectivity index (χ4v) is 3.10. The summed E-state index contributed by atoms with van der Waals surface area (Å²) in [5.74, 6) is 0.666. The number of hydrogen-bond acceptors (Lipinski definition) is 1. The summed E-state index contributed by atoms with van der Waals surface area (Å²) in [4.78, 5) is 0. The van der Waals surface area contributed by atoms with Gasteiger partial charge in [-0.1, -0.05) is 20.3 Å². The number of aryl methyl sites for hydroxylation is 1. The van der Waals surface area contributed by atoms with E-state index >= 15 is 0 Å². The molecule has 0 radical (unpaired) electrons. The van der Waals surface area contributed by atoms with Crippen molar-refractivity contribution in [1.29, 1.82) is 0 Å². The summed E-state index contributed by atoms with van der Waals surface area (Å²) >= 11 is 0. The highest BCUT2D eigenvalue weighted by molar-refractivity contribution is 5.36. The van der Waals surface area contributed by atoms with Crippen molar-refractivity contribution >= 4 is 0 Å². The van der Waals surface area contributed by atoms with Gasteiger partial charge in [0.2, 0.25) is 0 Å². The molecule has 2 heteroatoms. The van der Waals surface area contributed by atoms with Crippen molar-refractivity contribution in [3.8, 4) is 0 Å². The van der Waals surface area contributed by atoms with Crippen LogP contribution in [-0.4, -0.2) is 16.3 Å². The van der Waals surface area contributed by atoms with E-state index in [1.165, 1.54) is 23.4 Å². The molecule has 1 aliphatic carbocycles. The van der Waals surface area contributed by atoms with Crippen LogP contribution in [0.3, 0.4) is 0 Å². The molecule has 96 valence electrons. The van der Waals surface area contributed by atoms with Gasteiger partial charge in [0.25, 0.3) is 0 Å². The molecule has 1 heterocycles. The Bertz CT molecular complexity index is 394. The van der Waals surface area contributed by atoms with Crippen LogP contribution in [0.1, 0.15) is 50.1 Å². The first-order chi connectivity index (χ1) is 8.00. The molecule has 1 saturated carbocycles. The Kier molecular flexibility index (Phi) is 3.35. The molecule has 1 fully saturated rings. The molecule has 17 heavy (non-hydrogen) atoms. The Morgan fingerprint density at radius 1 is 1.35 bits per heavy atom. The first kappa shape index (κ1) is 12.7. The van der Waals surface area contributed by atoms with Crippen LogP contribution in [0.15, 0.2) is 6.07 Å². The van der Waals surface area contributed by atoms with E-state index in [1.807, 2.05) is 0 Å². The predicted molar refractivity (Wildman–Crippen MR) is 71.4 cm³/mol. The second kappa shape index (κ2) is 4.49. The lowest BCUT2D eigenvalue weighted by atomic mass is 9.65. The van der Waals surface area contributed by atoms with Crippen molar-refractivity contribution in [2.75, 3.05) is 6.61 Å². The van der Waals surface area contributed by atoms with E-state index in [4.69, 9.17) is 0 Å². The summed E-state index contributed by atoms with van der Waals surface area (Å²) < 4.78 is 2.41. The van der Waals surface area contributed by atoms with Crippen LogP contribution >= 0.6 is 0 Å². The largest absolute Gasteiger partial charge is 0.395 e. The monoisotopic (exact) mass is 235 g/mol. The Labute approximate surface area is 105 Å². The smallest absolute Gasteiger partial charge is 0.0528 e. The van der Waals surface area contributed by atoms with Gasteiger partial charge in [-0.2, -0.15) is 0 Å². The third-order valence-corrected chi connectivity index (χ3v) is 4.31. The Balaban J connectivity index is 2.36. The maximum absolute atomic E-state index is 9.69. The number of aliphatic hydroxyl groups excluding tert-OH is 1. The highest BCUT2D eigenvalue weighted by Gasteiger charge is 2.40. The Morgan fingerprint density at radius 3 is 2.41 bits per heavy atom. The lowest BCUT2D eigenvalue weighted by molar-refractivity contribution is 0.119. The average Bonchev–Trinajstić information content (AvgIpc) is 2.46. The first-order valence-electron chi connectivity index (χ1n) is 6.78. The molecule has 0 bridgehead atoms. The van der Waals surface area contributed by atoms with Crippen LogP contribution in [0, 0.1) is 19.8 Å². The van der Waals surface area contributed by atoms with Gasteiger partial charge in [-0.25, -0.2) is 0 Å². The van der Waals surface area contributed by atoms with E-state index in [9.17, 15) is 5.11 Å². The van der Waals surface area contributed by atoms with Crippen molar-refractivity contribution in [3.63, 3.8) is 0 Å². The fraction of sp³-hybridized carbons (Fsp3) is 0.733. The zero-order valence-corrected chi connectivity index (χ0v) is 11.6. The lowest BCUT2D eigenvalue weighted by Gasteiger charge is -2.40. The van der Waals surface area contributed by atoms with E-state index in [0.717, 1.165) is 19.4 Å². The summed E-state index contributed by atoms with van der Waals surface area (Å²) in [6, 6.07) is 2.30. The third kappa shape index (κ3) is 2.03. The van der Waals surface area contributed by atoms with Crippen LogP contribution in [-0.2, 0) is 12.0 Å². The van der Waals surface area contributed by atoms with Gasteiger partial charge in [-0.05, 0) is 44.2 Å². The molecule has 0 spiro atoms. The number of hydrogen-bond donors (Lipinski definition) is 1. The summed E-state index contributed by atoms with van der Waals surface area (Å²) in [5, 5.41) is 9.69. The summed E-state index contributed by atoms with van der Waals surface area (Å²) in [6.07, 6.45) is 3.55. The van der Waals surface area contributed by atoms with E-state index in [2.05, 4.69) is 38.3 Å². The van der Waals surface area contributed by atoms with Crippen LogP contribution in [0.5, 0.6) is 0 Å². The van der Waals surface area contributed by atoms with E-state index in [1.54, 1.807) is 0 Å². The number of aromatic nitrogens is 1. The second-order valence-electron chi connectivity index (χ2n) is 6.08. The summed E-state index contributed by atoms with van der Waals surface area (Å²) in [6.45, 7) is 10.3. The minimum absolute atomic E-state index is 0.0804. The molecule has 2 nitrogen and oxygen atoms in total. The molecule has 1 aromatic heterocycles. The molecule has 0 amide bonds. The van der Waals surface area contributed by atoms with Crippen LogP contribution in [0.25, 0.3) is 0 Å². The van der Waals surface area contributed by atoms with Crippen LogP contribution in [0.4, 0.5) is 0 Å². The zero-order chi connectivity index (χ0) is 12.6. The minimum atomic E-state index is 0.0804. The zero-order valence-electron chi connectivity index (χ0n) is 11.6. The normalized spacial score (nSPS) is 18.5. The molecule has 1 aromatic rings. The fourth-order valence-electron chi connectivity index (χ4n) is 3.10. The maximum Gasteiger partial charge on any atom is 0.0528 e. The molecule has 0 aromatic carbocycles. The minimum Gasteiger partial charge on any atom is -0.395 e. The average molecular weight is 235 g/mol. The molecule has 2 rings (SSSR count). The van der Waals surface area contributed by atoms with Crippen molar-refractivity contribution < 1.29 is 5.11 Å². The van der Waals surface area contributed by atoms with Gasteiger partial charge in [0, 0.05) is 23.3 Å². The number of rotatable bonds is 4. The number of aliphatic hydroxyl groups is 1. The van der Waals surface area contributed by atoms with E-state index < -0.39 is 0 Å². The Morgan fingerprint density at radius 2 is 2.00 bits per heavy atom. The summed E-state index contributed by atoms with van der Waals surface area (Å²) in [5.41, 5.74) is 4.18. The van der Waals surface area contributed by atoms with Gasteiger partial charge in [0.15, 0.2) is 0 Å².